The van der Waals surface area contributed by atoms with Crippen LogP contribution in [0.5, 0.6) is 0 Å². The van der Waals surface area contributed by atoms with Gasteiger partial charge in [-0.05, 0) is 59.4 Å². The monoisotopic (exact) mass is 686 g/mol. The summed E-state index contributed by atoms with van der Waals surface area (Å²) in [5.41, 5.74) is 4.33. The first kappa shape index (κ1) is 37.1. The molecule has 0 aliphatic rings. The van der Waals surface area contributed by atoms with Gasteiger partial charge in [0, 0.05) is 0 Å². The number of benzene rings is 4. The number of rotatable bonds is 19. The van der Waals surface area contributed by atoms with Crippen molar-refractivity contribution in [1.29, 1.82) is 0 Å². The maximum Gasteiger partial charge on any atom is 0.543 e. The van der Waals surface area contributed by atoms with Crippen LogP contribution in [0.3, 0.4) is 0 Å². The van der Waals surface area contributed by atoms with Crippen LogP contribution in [0.25, 0.3) is 22.3 Å². The summed E-state index contributed by atoms with van der Waals surface area (Å²) in [5.74, 6) is -1.64. The van der Waals surface area contributed by atoms with Gasteiger partial charge in [-0.25, -0.2) is 29.0 Å². The Morgan fingerprint density at radius 1 is 0.360 bits per heavy atom. The van der Waals surface area contributed by atoms with Gasteiger partial charge in [-0.1, -0.05) is 123 Å². The standard InChI is InChI=1S/C38H38O12/c39-35(33-23-19-31(20-24-33)29-15-9-7-10-16-29)45-49-47-37(41)43-27-13-5-3-1-2-4-6-14-28-44-38(42)48-50-46-36(40)34-25-21-32(22-26-34)30-17-11-8-12-18-30/h7-12,15-26H,1-6,13-14,27-28H2. The van der Waals surface area contributed by atoms with Gasteiger partial charge in [-0.3, -0.25) is 9.78 Å². The molecule has 0 amide bonds. The molecule has 12 nitrogen and oxygen atoms in total. The molecule has 0 fully saturated rings. The average molecular weight is 687 g/mol. The van der Waals surface area contributed by atoms with Crippen LogP contribution >= 0.6 is 0 Å². The first-order valence-corrected chi connectivity index (χ1v) is 16.2. The van der Waals surface area contributed by atoms with E-state index in [0.29, 0.717) is 12.8 Å². The Morgan fingerprint density at radius 2 is 0.680 bits per heavy atom. The molecule has 0 spiro atoms. The SMILES string of the molecule is O=C(OCCCCCCCCCCOC(=O)OOOC(=O)c1ccc(-c2ccccc2)cc1)OOOC(=O)c1ccc(-c2ccccc2)cc1. The molecule has 4 aromatic carbocycles. The molecule has 0 saturated carbocycles. The van der Waals surface area contributed by atoms with Crippen LogP contribution in [0.2, 0.25) is 0 Å². The number of unbranched alkanes of at least 4 members (excludes halogenated alkanes) is 7. The normalized spacial score (nSPS) is 10.5. The fourth-order valence-corrected chi connectivity index (χ4v) is 4.73. The summed E-state index contributed by atoms with van der Waals surface area (Å²) >= 11 is 0. The lowest BCUT2D eigenvalue weighted by Crippen LogP contribution is -2.12. The van der Waals surface area contributed by atoms with E-state index < -0.39 is 24.2 Å². The maximum atomic E-state index is 12.1. The van der Waals surface area contributed by atoms with E-state index in [4.69, 9.17) is 9.47 Å². The molecule has 0 saturated heterocycles. The van der Waals surface area contributed by atoms with Crippen molar-refractivity contribution in [2.75, 3.05) is 13.2 Å². The molecule has 50 heavy (non-hydrogen) atoms. The molecule has 0 atom stereocenters. The van der Waals surface area contributed by atoms with Crippen molar-refractivity contribution in [3.8, 4) is 22.3 Å². The zero-order chi connectivity index (χ0) is 35.2. The highest BCUT2D eigenvalue weighted by Gasteiger charge is 2.14. The Bertz CT molecular complexity index is 1480. The van der Waals surface area contributed by atoms with E-state index in [9.17, 15) is 19.2 Å². The van der Waals surface area contributed by atoms with Crippen LogP contribution in [0.1, 0.15) is 72.1 Å². The number of ether oxygens (including phenoxy) is 2. The predicted molar refractivity (Wildman–Crippen MR) is 179 cm³/mol. The molecule has 0 bridgehead atoms. The second-order valence-corrected chi connectivity index (χ2v) is 11.0. The van der Waals surface area contributed by atoms with Crippen molar-refractivity contribution in [1.82, 2.24) is 0 Å². The van der Waals surface area contributed by atoms with E-state index in [1.165, 1.54) is 0 Å². The Labute approximate surface area is 289 Å². The molecular weight excluding hydrogens is 648 g/mol. The van der Waals surface area contributed by atoms with Gasteiger partial charge in [0.15, 0.2) is 0 Å². The quantitative estimate of drug-likeness (QED) is 0.0402. The van der Waals surface area contributed by atoms with Crippen LogP contribution in [-0.4, -0.2) is 37.5 Å². The number of carbonyl (C=O) groups excluding carboxylic acids is 4. The average Bonchev–Trinajstić information content (AvgIpc) is 3.16. The zero-order valence-electron chi connectivity index (χ0n) is 27.4. The van der Waals surface area contributed by atoms with Crippen molar-refractivity contribution < 1.29 is 58.3 Å². The van der Waals surface area contributed by atoms with Crippen molar-refractivity contribution in [2.24, 2.45) is 0 Å². The lowest BCUT2D eigenvalue weighted by atomic mass is 10.0. The molecule has 0 heterocycles. The summed E-state index contributed by atoms with van der Waals surface area (Å²) in [4.78, 5) is 65.0. The topological polar surface area (TPSA) is 142 Å². The highest BCUT2D eigenvalue weighted by Crippen LogP contribution is 2.21. The van der Waals surface area contributed by atoms with Crippen molar-refractivity contribution in [3.63, 3.8) is 0 Å². The van der Waals surface area contributed by atoms with Crippen LogP contribution < -0.4 is 0 Å². The molecule has 0 unspecified atom stereocenters. The van der Waals surface area contributed by atoms with E-state index in [2.05, 4.69) is 29.6 Å². The number of carbonyl (C=O) groups is 4. The van der Waals surface area contributed by atoms with E-state index in [1.807, 2.05) is 60.7 Å². The smallest absolute Gasteiger partial charge is 0.432 e. The summed E-state index contributed by atoms with van der Waals surface area (Å²) < 4.78 is 9.79. The summed E-state index contributed by atoms with van der Waals surface area (Å²) in [5, 5.41) is 8.52. The molecular formula is C38H38O12. The Hall–Kier alpha value is -5.72. The first-order chi connectivity index (χ1) is 24.5. The molecule has 0 aliphatic carbocycles. The van der Waals surface area contributed by atoms with E-state index >= 15 is 0 Å². The molecule has 4 aromatic rings. The van der Waals surface area contributed by atoms with Gasteiger partial charge in [-0.15, -0.1) is 0 Å². The number of hydrogen-bond acceptors (Lipinski definition) is 12. The largest absolute Gasteiger partial charge is 0.543 e. The Balaban J connectivity index is 0.910. The van der Waals surface area contributed by atoms with Crippen LogP contribution in [0.15, 0.2) is 109 Å². The second kappa shape index (κ2) is 21.3. The predicted octanol–water partition coefficient (Wildman–Crippen LogP) is 9.15. The van der Waals surface area contributed by atoms with Crippen molar-refractivity contribution in [2.45, 2.75) is 51.4 Å². The minimum Gasteiger partial charge on any atom is -0.432 e. The fraction of sp³-hybridized carbons (Fsp3) is 0.263. The third-order valence-electron chi connectivity index (χ3n) is 7.36. The highest BCUT2D eigenvalue weighted by molar-refractivity contribution is 5.90. The van der Waals surface area contributed by atoms with Gasteiger partial charge in [0.05, 0.1) is 34.4 Å². The summed E-state index contributed by atoms with van der Waals surface area (Å²) in [6, 6.07) is 32.7. The van der Waals surface area contributed by atoms with E-state index in [1.54, 1.807) is 48.5 Å². The number of hydrogen-bond donors (Lipinski definition) is 0. The first-order valence-electron chi connectivity index (χ1n) is 16.2. The summed E-state index contributed by atoms with van der Waals surface area (Å²) in [6.45, 7) is 0.268. The van der Waals surface area contributed by atoms with Crippen LogP contribution in [0, 0.1) is 0 Å². The fourth-order valence-electron chi connectivity index (χ4n) is 4.73. The van der Waals surface area contributed by atoms with Gasteiger partial charge in [-0.2, -0.15) is 0 Å². The maximum absolute atomic E-state index is 12.1. The lowest BCUT2D eigenvalue weighted by Gasteiger charge is -2.06. The third kappa shape index (κ3) is 13.4. The van der Waals surface area contributed by atoms with Gasteiger partial charge in [0.1, 0.15) is 0 Å². The van der Waals surface area contributed by atoms with Gasteiger partial charge in [0.2, 0.25) is 0 Å². The molecule has 0 aliphatic heterocycles. The minimum absolute atomic E-state index is 0.134. The van der Waals surface area contributed by atoms with Gasteiger partial charge < -0.3 is 9.47 Å². The van der Waals surface area contributed by atoms with Crippen LogP contribution in [-0.2, 0) is 39.1 Å². The Morgan fingerprint density at radius 3 is 1.04 bits per heavy atom. The molecule has 0 aromatic heterocycles. The molecule has 0 radical (unpaired) electrons. The Kier molecular flexibility index (Phi) is 15.8. The third-order valence-corrected chi connectivity index (χ3v) is 7.36. The highest BCUT2D eigenvalue weighted by atomic mass is 17.5. The molecule has 4 rings (SSSR count). The van der Waals surface area contributed by atoms with E-state index in [0.717, 1.165) is 60.8 Å². The minimum atomic E-state index is -1.11. The second-order valence-electron chi connectivity index (χ2n) is 11.0. The molecule has 262 valence electrons. The van der Waals surface area contributed by atoms with Crippen LogP contribution in [0.4, 0.5) is 9.59 Å². The molecule has 12 heteroatoms. The summed E-state index contributed by atoms with van der Waals surface area (Å²) in [6.07, 6.45) is 4.63. The van der Waals surface area contributed by atoms with Crippen molar-refractivity contribution in [3.05, 3.63) is 120 Å². The van der Waals surface area contributed by atoms with Crippen molar-refractivity contribution >= 4 is 24.2 Å². The lowest BCUT2D eigenvalue weighted by molar-refractivity contribution is -0.452. The zero-order valence-corrected chi connectivity index (χ0v) is 27.4. The van der Waals surface area contributed by atoms with Gasteiger partial charge >= 0.3 is 24.2 Å². The van der Waals surface area contributed by atoms with Gasteiger partial charge in [0.25, 0.3) is 0 Å². The van der Waals surface area contributed by atoms with E-state index in [-0.39, 0.29) is 24.3 Å². The molecule has 0 N–H and O–H groups in total. The summed E-state index contributed by atoms with van der Waals surface area (Å²) in [7, 11) is 0.